The van der Waals surface area contributed by atoms with Gasteiger partial charge in [0.2, 0.25) is 0 Å². The van der Waals surface area contributed by atoms with Crippen LogP contribution in [-0.4, -0.2) is 5.78 Å². The van der Waals surface area contributed by atoms with E-state index in [0.717, 1.165) is 27.8 Å². The van der Waals surface area contributed by atoms with Crippen LogP contribution in [0.4, 0.5) is 0 Å². The molecule has 0 unspecified atom stereocenters. The van der Waals surface area contributed by atoms with Crippen molar-refractivity contribution >= 4 is 14.9 Å². The Kier molecular flexibility index (Phi) is 6.38. The predicted octanol–water partition coefficient (Wildman–Crippen LogP) is 6.25. The summed E-state index contributed by atoms with van der Waals surface area (Å²) in [5, 5.41) is 0. The summed E-state index contributed by atoms with van der Waals surface area (Å²) in [6, 6.07) is 21.8. The summed E-state index contributed by atoms with van der Waals surface area (Å²) in [6.45, 7) is 6.23. The summed E-state index contributed by atoms with van der Waals surface area (Å²) in [5.74, 6) is 0.0880. The fraction of sp³-hybridized carbons (Fsp3) is 0.136. The van der Waals surface area contributed by atoms with Gasteiger partial charge in [-0.25, -0.2) is 0 Å². The Balaban J connectivity index is 0.00000109. The highest BCUT2D eigenvalue weighted by Gasteiger charge is 2.19. The molecule has 3 aromatic rings. The number of benzene rings is 3. The van der Waals surface area contributed by atoms with Crippen LogP contribution in [0.1, 0.15) is 32.6 Å². The van der Waals surface area contributed by atoms with Crippen LogP contribution in [0.3, 0.4) is 0 Å². The summed E-state index contributed by atoms with van der Waals surface area (Å²) >= 11 is 0. The van der Waals surface area contributed by atoms with E-state index in [1.165, 1.54) is 11.1 Å². The van der Waals surface area contributed by atoms with Crippen molar-refractivity contribution in [1.29, 1.82) is 0 Å². The molecule has 0 atom stereocenters. The van der Waals surface area contributed by atoms with Crippen molar-refractivity contribution in [1.82, 2.24) is 0 Å². The van der Waals surface area contributed by atoms with Crippen molar-refractivity contribution in [3.8, 4) is 11.1 Å². The largest absolute Gasteiger partial charge is 0.289 e. The molecule has 0 saturated heterocycles. The number of carbonyl (C=O) groups is 1. The summed E-state index contributed by atoms with van der Waals surface area (Å²) in [6.07, 6.45) is 0. The van der Waals surface area contributed by atoms with Gasteiger partial charge in [0.1, 0.15) is 0 Å². The second kappa shape index (κ2) is 8.50. The molecular formula is C22H20O2P. The molecule has 2 nitrogen and oxygen atoms in total. The Morgan fingerprint density at radius 3 is 1.84 bits per heavy atom. The van der Waals surface area contributed by atoms with Crippen LogP contribution >= 0.6 is 9.12 Å². The highest BCUT2D eigenvalue weighted by atomic mass is 31.0. The molecule has 0 aromatic heterocycles. The van der Waals surface area contributed by atoms with Crippen LogP contribution < -0.4 is 0 Å². The normalized spacial score (nSPS) is 9.88. The van der Waals surface area contributed by atoms with Gasteiger partial charge in [0.05, 0.1) is 0 Å². The summed E-state index contributed by atoms with van der Waals surface area (Å²) in [7, 11) is 2.28. The van der Waals surface area contributed by atoms with Gasteiger partial charge in [-0.3, -0.25) is 9.36 Å². The number of carbonyl (C=O) groups excluding carboxylic acids is 1. The first-order valence-corrected chi connectivity index (χ1v) is 8.40. The lowest BCUT2D eigenvalue weighted by Crippen LogP contribution is -2.08. The smallest absolute Gasteiger partial charge is 0.261 e. The quantitative estimate of drug-likeness (QED) is 0.414. The molecule has 0 heterocycles. The molecule has 3 heteroatoms. The van der Waals surface area contributed by atoms with Crippen LogP contribution in [0.25, 0.3) is 11.1 Å². The summed E-state index contributed by atoms with van der Waals surface area (Å²) in [4.78, 5) is 13.1. The lowest BCUT2D eigenvalue weighted by molar-refractivity contribution is 0.103. The minimum absolute atomic E-state index is 0.0880. The van der Waals surface area contributed by atoms with Gasteiger partial charge in [0.25, 0.3) is 9.12 Å². The number of hydrogen-bond acceptors (Lipinski definition) is 2. The van der Waals surface area contributed by atoms with Crippen LogP contribution in [-0.2, 0) is 4.57 Å². The van der Waals surface area contributed by atoms with Gasteiger partial charge >= 0.3 is 0 Å². The van der Waals surface area contributed by atoms with Crippen LogP contribution in [0.5, 0.6) is 0 Å². The molecule has 0 N–H and O–H groups in total. The zero-order valence-corrected chi connectivity index (χ0v) is 15.5. The first-order chi connectivity index (χ1) is 12.1. The molecule has 125 valence electrons. The van der Waals surface area contributed by atoms with E-state index in [-0.39, 0.29) is 5.78 Å². The van der Waals surface area contributed by atoms with E-state index in [1.54, 1.807) is 0 Å². The Hall–Kier alpha value is -2.57. The van der Waals surface area contributed by atoms with E-state index in [9.17, 15) is 4.79 Å². The Labute approximate surface area is 151 Å². The van der Waals surface area contributed by atoms with E-state index < -0.39 is 0 Å². The molecule has 3 rings (SSSR count). The molecule has 3 aromatic carbocycles. The minimum Gasteiger partial charge on any atom is -0.289 e. The lowest BCUT2D eigenvalue weighted by Gasteiger charge is -2.17. The Bertz CT molecular complexity index is 872. The highest BCUT2D eigenvalue weighted by molar-refractivity contribution is 7.00. The number of rotatable bonds is 3. The number of ketones is 1. The second-order valence-electron chi connectivity index (χ2n) is 5.93. The van der Waals surface area contributed by atoms with Gasteiger partial charge in [-0.1, -0.05) is 66.7 Å². The molecule has 0 saturated carbocycles. The summed E-state index contributed by atoms with van der Waals surface area (Å²) < 4.78 is 7.94. The predicted molar refractivity (Wildman–Crippen MR) is 104 cm³/mol. The maximum atomic E-state index is 13.1. The third-order valence-corrected chi connectivity index (χ3v) is 4.51. The van der Waals surface area contributed by atoms with Gasteiger partial charge in [0.15, 0.2) is 5.78 Å². The van der Waals surface area contributed by atoms with E-state index in [2.05, 4.69) is 41.2 Å². The molecule has 0 aliphatic heterocycles. The van der Waals surface area contributed by atoms with Crippen molar-refractivity contribution < 1.29 is 9.36 Å². The third kappa shape index (κ3) is 3.92. The van der Waals surface area contributed by atoms with Crippen molar-refractivity contribution in [2.75, 3.05) is 0 Å². The minimum atomic E-state index is 0.0880. The lowest BCUT2D eigenvalue weighted by atomic mass is 9.86. The van der Waals surface area contributed by atoms with Crippen LogP contribution in [0.15, 0.2) is 66.7 Å². The highest BCUT2D eigenvalue weighted by Crippen LogP contribution is 2.32. The molecule has 0 fully saturated rings. The van der Waals surface area contributed by atoms with Crippen LogP contribution in [0, 0.1) is 20.8 Å². The topological polar surface area (TPSA) is 34.1 Å². The van der Waals surface area contributed by atoms with E-state index in [0.29, 0.717) is 0 Å². The first-order valence-electron chi connectivity index (χ1n) is 8.04. The molecule has 25 heavy (non-hydrogen) atoms. The maximum absolute atomic E-state index is 13.1. The maximum Gasteiger partial charge on any atom is 0.261 e. The first kappa shape index (κ1) is 18.8. The summed E-state index contributed by atoms with van der Waals surface area (Å²) in [5.41, 5.74) is 7.10. The molecule has 0 spiro atoms. The average Bonchev–Trinajstić information content (AvgIpc) is 2.68. The average molecular weight is 347 g/mol. The zero-order valence-electron chi connectivity index (χ0n) is 14.6. The fourth-order valence-electron chi connectivity index (χ4n) is 2.95. The van der Waals surface area contributed by atoms with Crippen LogP contribution in [0.2, 0.25) is 0 Å². The second-order valence-corrected chi connectivity index (χ2v) is 5.93. The molecule has 0 aliphatic carbocycles. The van der Waals surface area contributed by atoms with Crippen molar-refractivity contribution in [3.05, 3.63) is 94.5 Å². The van der Waals surface area contributed by atoms with E-state index in [4.69, 9.17) is 4.57 Å². The van der Waals surface area contributed by atoms with Gasteiger partial charge in [-0.05, 0) is 48.6 Å². The Morgan fingerprint density at radius 1 is 0.760 bits per heavy atom. The van der Waals surface area contributed by atoms with E-state index >= 15 is 0 Å². The third-order valence-electron chi connectivity index (χ3n) is 4.51. The fourth-order valence-corrected chi connectivity index (χ4v) is 2.95. The monoisotopic (exact) mass is 347 g/mol. The van der Waals surface area contributed by atoms with Gasteiger partial charge in [0, 0.05) is 11.1 Å². The standard InChI is InChI=1S/C22H20O.OP/c1-15-14-20(18-10-6-4-7-11-18)21(17(3)16(15)2)22(23)19-12-8-5-9-13-19;1-2/h4-14H,1-3H3;. The van der Waals surface area contributed by atoms with Crippen molar-refractivity contribution in [2.24, 2.45) is 0 Å². The van der Waals surface area contributed by atoms with Crippen molar-refractivity contribution in [3.63, 3.8) is 0 Å². The molecule has 1 radical (unpaired) electrons. The van der Waals surface area contributed by atoms with Gasteiger partial charge in [-0.2, -0.15) is 0 Å². The van der Waals surface area contributed by atoms with E-state index in [1.807, 2.05) is 55.5 Å². The van der Waals surface area contributed by atoms with Gasteiger partial charge in [-0.15, -0.1) is 0 Å². The molecule has 0 amide bonds. The Morgan fingerprint density at radius 2 is 1.28 bits per heavy atom. The molecule has 0 bridgehead atoms. The van der Waals surface area contributed by atoms with Gasteiger partial charge < -0.3 is 0 Å². The molecule has 0 aliphatic rings. The SMILES string of the molecule is Cc1cc(-c2ccccc2)c(C(=O)c2ccccc2)c(C)c1C.O=[P]. The zero-order chi connectivity index (χ0) is 18.4. The van der Waals surface area contributed by atoms with Crippen molar-refractivity contribution in [2.45, 2.75) is 20.8 Å². The number of hydrogen-bond donors (Lipinski definition) is 0. The molecular weight excluding hydrogens is 327 g/mol. The number of aryl methyl sites for hydroxylation is 1.